The smallest absolute Gasteiger partial charge is 0.310 e. The zero-order valence-corrected chi connectivity index (χ0v) is 14.8. The number of carbonyl (C=O) groups excluding carboxylic acids is 1. The Morgan fingerprint density at radius 2 is 2.09 bits per heavy atom. The molecule has 0 aliphatic carbocycles. The lowest BCUT2D eigenvalue weighted by molar-refractivity contribution is -0.150. The van der Waals surface area contributed by atoms with Crippen molar-refractivity contribution in [3.05, 3.63) is 34.3 Å². The second kappa shape index (κ2) is 6.77. The maximum absolute atomic E-state index is 12.4. The quantitative estimate of drug-likeness (QED) is 0.764. The lowest BCUT2D eigenvalue weighted by atomic mass is 9.76. The van der Waals surface area contributed by atoms with Crippen molar-refractivity contribution >= 4 is 30.0 Å². The van der Waals surface area contributed by atoms with E-state index in [0.29, 0.717) is 12.1 Å². The summed E-state index contributed by atoms with van der Waals surface area (Å²) < 4.78 is 5.10. The number of aryl methyl sites for hydroxylation is 1. The molecule has 0 amide bonds. The number of hydrogen-bond acceptors (Lipinski definition) is 3. The van der Waals surface area contributed by atoms with Gasteiger partial charge in [-0.3, -0.25) is 9.69 Å². The number of halogens is 2. The van der Waals surface area contributed by atoms with Gasteiger partial charge < -0.3 is 4.74 Å². The summed E-state index contributed by atoms with van der Waals surface area (Å²) in [6.07, 6.45) is 3.26. The third kappa shape index (κ3) is 2.86. The van der Waals surface area contributed by atoms with Crippen molar-refractivity contribution in [3.8, 4) is 0 Å². The molecule has 4 atom stereocenters. The van der Waals surface area contributed by atoms with Crippen LogP contribution >= 0.6 is 24.0 Å². The fourth-order valence-corrected chi connectivity index (χ4v) is 4.30. The average molecular weight is 344 g/mol. The van der Waals surface area contributed by atoms with Crippen molar-refractivity contribution in [2.75, 3.05) is 14.2 Å². The minimum absolute atomic E-state index is 0. The molecule has 2 saturated heterocycles. The third-order valence-corrected chi connectivity index (χ3v) is 5.77. The highest BCUT2D eigenvalue weighted by atomic mass is 35.5. The van der Waals surface area contributed by atoms with Gasteiger partial charge in [0.2, 0.25) is 0 Å². The molecular weight excluding hydrogens is 321 g/mol. The van der Waals surface area contributed by atoms with Gasteiger partial charge in [-0.2, -0.15) is 0 Å². The molecule has 2 heterocycles. The average Bonchev–Trinajstić information content (AvgIpc) is 2.72. The van der Waals surface area contributed by atoms with Crippen molar-refractivity contribution in [1.29, 1.82) is 0 Å². The number of carbonyl (C=O) groups is 1. The van der Waals surface area contributed by atoms with Crippen LogP contribution < -0.4 is 0 Å². The first-order chi connectivity index (χ1) is 10.0. The molecule has 2 bridgehead atoms. The van der Waals surface area contributed by atoms with Crippen molar-refractivity contribution in [2.45, 2.75) is 44.2 Å². The van der Waals surface area contributed by atoms with Crippen LogP contribution in [0.3, 0.4) is 0 Å². The summed E-state index contributed by atoms with van der Waals surface area (Å²) in [6, 6.07) is 7.06. The normalized spacial score (nSPS) is 30.7. The van der Waals surface area contributed by atoms with Gasteiger partial charge >= 0.3 is 5.97 Å². The predicted molar refractivity (Wildman–Crippen MR) is 90.9 cm³/mol. The van der Waals surface area contributed by atoms with Gasteiger partial charge in [-0.25, -0.2) is 0 Å². The van der Waals surface area contributed by atoms with Crippen LogP contribution in [-0.4, -0.2) is 37.1 Å². The van der Waals surface area contributed by atoms with E-state index >= 15 is 0 Å². The van der Waals surface area contributed by atoms with E-state index in [-0.39, 0.29) is 30.2 Å². The first-order valence-corrected chi connectivity index (χ1v) is 7.96. The molecule has 3 nitrogen and oxygen atoms in total. The summed E-state index contributed by atoms with van der Waals surface area (Å²) in [5.74, 6) is 0.0377. The summed E-state index contributed by atoms with van der Waals surface area (Å²) in [4.78, 5) is 14.7. The number of ether oxygens (including phenoxy) is 1. The molecule has 22 heavy (non-hydrogen) atoms. The first kappa shape index (κ1) is 17.6. The lowest BCUT2D eigenvalue weighted by Crippen LogP contribution is -2.49. The Hall–Kier alpha value is -0.770. The maximum atomic E-state index is 12.4. The summed E-state index contributed by atoms with van der Waals surface area (Å²) >= 11 is 6.28. The maximum Gasteiger partial charge on any atom is 0.310 e. The highest BCUT2D eigenvalue weighted by Crippen LogP contribution is 2.47. The molecule has 1 aromatic carbocycles. The zero-order chi connectivity index (χ0) is 15.1. The monoisotopic (exact) mass is 343 g/mol. The van der Waals surface area contributed by atoms with Crippen LogP contribution in [0.1, 0.15) is 36.3 Å². The van der Waals surface area contributed by atoms with Crippen LogP contribution in [0.2, 0.25) is 5.02 Å². The van der Waals surface area contributed by atoms with E-state index in [9.17, 15) is 4.79 Å². The molecule has 1 aromatic rings. The molecule has 122 valence electrons. The Balaban J connectivity index is 0.00000176. The second-order valence-electron chi connectivity index (χ2n) is 6.36. The summed E-state index contributed by atoms with van der Waals surface area (Å²) in [5.41, 5.74) is 2.25. The van der Waals surface area contributed by atoms with Crippen LogP contribution in [-0.2, 0) is 9.53 Å². The zero-order valence-electron chi connectivity index (χ0n) is 13.2. The van der Waals surface area contributed by atoms with Gasteiger partial charge in [0.05, 0.1) is 13.0 Å². The Morgan fingerprint density at radius 3 is 2.73 bits per heavy atom. The second-order valence-corrected chi connectivity index (χ2v) is 6.77. The van der Waals surface area contributed by atoms with Crippen LogP contribution in [0.5, 0.6) is 0 Å². The number of piperidine rings is 1. The van der Waals surface area contributed by atoms with Gasteiger partial charge in [0.15, 0.2) is 0 Å². The van der Waals surface area contributed by atoms with Crippen molar-refractivity contribution < 1.29 is 9.53 Å². The fraction of sp³-hybridized carbons (Fsp3) is 0.588. The van der Waals surface area contributed by atoms with Crippen LogP contribution in [0.4, 0.5) is 0 Å². The number of fused-ring (bicyclic) bond motifs is 2. The molecule has 0 radical (unpaired) electrons. The molecular formula is C17H23Cl2NO2. The Morgan fingerprint density at radius 1 is 1.36 bits per heavy atom. The lowest BCUT2D eigenvalue weighted by Gasteiger charge is -2.41. The molecule has 2 fully saturated rings. The van der Waals surface area contributed by atoms with Gasteiger partial charge in [-0.1, -0.05) is 23.7 Å². The van der Waals surface area contributed by atoms with Crippen LogP contribution in [0, 0.1) is 12.8 Å². The fourth-order valence-electron chi connectivity index (χ4n) is 4.11. The highest BCUT2D eigenvalue weighted by Gasteiger charge is 2.49. The van der Waals surface area contributed by atoms with Crippen LogP contribution in [0.25, 0.3) is 0 Å². The van der Waals surface area contributed by atoms with E-state index in [1.807, 2.05) is 19.1 Å². The summed E-state index contributed by atoms with van der Waals surface area (Å²) in [6.45, 7) is 2.00. The molecule has 0 N–H and O–H groups in total. The standard InChI is InChI=1S/C17H22ClNO2.ClH/c1-10-4-5-11(8-14(10)18)13-9-12-6-7-15(19(12)2)16(13)17(20)21-3;/h4-5,8,12-13,15-16H,6-7,9H2,1-3H3;1H/t12?,13-,15?,16+;/m1./s1. The van der Waals surface area contributed by atoms with E-state index in [1.54, 1.807) is 0 Å². The Labute approximate surface area is 143 Å². The molecule has 0 aromatic heterocycles. The predicted octanol–water partition coefficient (Wildman–Crippen LogP) is 3.81. The Bertz CT molecular complexity index is 564. The molecule has 5 heteroatoms. The number of hydrogen-bond donors (Lipinski definition) is 0. The molecule has 0 saturated carbocycles. The van der Waals surface area contributed by atoms with Gasteiger partial charge in [-0.05, 0) is 50.4 Å². The van der Waals surface area contributed by atoms with E-state index < -0.39 is 0 Å². The minimum atomic E-state index is -0.0890. The van der Waals surface area contributed by atoms with Gasteiger partial charge in [0, 0.05) is 23.0 Å². The van der Waals surface area contributed by atoms with Gasteiger partial charge in [-0.15, -0.1) is 12.4 Å². The van der Waals surface area contributed by atoms with Crippen molar-refractivity contribution in [2.24, 2.45) is 5.92 Å². The van der Waals surface area contributed by atoms with E-state index in [4.69, 9.17) is 16.3 Å². The molecule has 2 aliphatic heterocycles. The van der Waals surface area contributed by atoms with Gasteiger partial charge in [0.1, 0.15) is 0 Å². The third-order valence-electron chi connectivity index (χ3n) is 5.37. The number of methoxy groups -OCH3 is 1. The number of esters is 1. The Kier molecular flexibility index (Phi) is 5.41. The highest BCUT2D eigenvalue weighted by molar-refractivity contribution is 6.31. The molecule has 2 aliphatic rings. The first-order valence-electron chi connectivity index (χ1n) is 7.58. The van der Waals surface area contributed by atoms with E-state index in [2.05, 4.69) is 18.0 Å². The molecule has 2 unspecified atom stereocenters. The summed E-state index contributed by atoms with van der Waals surface area (Å²) in [5, 5.41) is 0.780. The van der Waals surface area contributed by atoms with Gasteiger partial charge in [0.25, 0.3) is 0 Å². The SMILES string of the molecule is COC(=O)[C@@H]1C2CCC(C[C@@H]1c1ccc(C)c(Cl)c1)N2C.Cl. The molecule has 3 rings (SSSR count). The number of rotatable bonds is 2. The largest absolute Gasteiger partial charge is 0.469 e. The van der Waals surface area contributed by atoms with Crippen LogP contribution in [0.15, 0.2) is 18.2 Å². The van der Waals surface area contributed by atoms with E-state index in [0.717, 1.165) is 23.4 Å². The molecule has 0 spiro atoms. The minimum Gasteiger partial charge on any atom is -0.469 e. The van der Waals surface area contributed by atoms with Crippen molar-refractivity contribution in [1.82, 2.24) is 4.90 Å². The number of nitrogens with zero attached hydrogens (tertiary/aromatic N) is 1. The van der Waals surface area contributed by atoms with E-state index in [1.165, 1.54) is 19.1 Å². The van der Waals surface area contributed by atoms with Crippen molar-refractivity contribution in [3.63, 3.8) is 0 Å². The summed E-state index contributed by atoms with van der Waals surface area (Å²) in [7, 11) is 3.62. The topological polar surface area (TPSA) is 29.5 Å². The number of benzene rings is 1.